The second-order valence-corrected chi connectivity index (χ2v) is 9.78. The van der Waals surface area contributed by atoms with Gasteiger partial charge in [0, 0.05) is 38.7 Å². The third-order valence-corrected chi connectivity index (χ3v) is 6.31. The summed E-state index contributed by atoms with van der Waals surface area (Å²) in [6.45, 7) is 8.43. The molecular weight excluding hydrogens is 524 g/mol. The summed E-state index contributed by atoms with van der Waals surface area (Å²) < 4.78 is 5.00. The summed E-state index contributed by atoms with van der Waals surface area (Å²) in [5, 5.41) is 9.35. The van der Waals surface area contributed by atoms with Crippen molar-refractivity contribution in [1.29, 1.82) is 0 Å². The molecule has 1 heterocycles. The molecule has 0 saturated carbocycles. The first-order valence-corrected chi connectivity index (χ1v) is 13.2. The average Bonchev–Trinajstić information content (AvgIpc) is 2.96. The number of amides is 2. The number of amidine groups is 1. The van der Waals surface area contributed by atoms with E-state index in [0.717, 1.165) is 17.6 Å². The minimum Gasteiger partial charge on any atom is -0.427 e. The van der Waals surface area contributed by atoms with Crippen LogP contribution in [0.5, 0.6) is 5.75 Å². The maximum absolute atomic E-state index is 13.1. The predicted molar refractivity (Wildman–Crippen MR) is 159 cm³/mol. The van der Waals surface area contributed by atoms with Crippen LogP contribution in [0, 0.1) is 5.92 Å². The maximum Gasteiger partial charge on any atom is 0.298 e. The average molecular weight is 565 g/mol. The Morgan fingerprint density at radius 1 is 1.20 bits per heavy atom. The van der Waals surface area contributed by atoms with Crippen molar-refractivity contribution >= 4 is 29.8 Å². The number of carbonyl (C=O) groups excluding carboxylic acids is 3. The van der Waals surface area contributed by atoms with Crippen LogP contribution in [0.1, 0.15) is 66.1 Å². The molecule has 41 heavy (non-hydrogen) atoms. The molecule has 0 radical (unpaired) electrons. The van der Waals surface area contributed by atoms with Gasteiger partial charge in [-0.15, -0.1) is 6.58 Å². The van der Waals surface area contributed by atoms with Crippen LogP contribution in [0.2, 0.25) is 0 Å². The molecule has 2 aromatic rings. The van der Waals surface area contributed by atoms with E-state index in [1.54, 1.807) is 23.1 Å². The van der Waals surface area contributed by atoms with Crippen LogP contribution in [0.4, 0.5) is 5.69 Å². The standard InChI is InChI=1S/C29H40N8O4/c1-6-21(27(30)36-31)8-7-9-22(12-10-19(2)3)35-29(40)24-15-23(33-17-34-24)28(39)32-16-20-11-13-26(41-18-38)25(14-20)37(4)5/h7,9,11,13-15,17-18,21-22H,2,6,8,10,12,16,31H2,1,3-5H3,(H2,30,36)(H,32,39)(H,35,40)/b9-7+. The van der Waals surface area contributed by atoms with Crippen LogP contribution < -0.4 is 31.8 Å². The van der Waals surface area contributed by atoms with Crippen molar-refractivity contribution in [3.8, 4) is 5.75 Å². The Hall–Kier alpha value is -4.74. The van der Waals surface area contributed by atoms with Crippen molar-refractivity contribution < 1.29 is 19.1 Å². The van der Waals surface area contributed by atoms with E-state index in [1.165, 1.54) is 12.4 Å². The van der Waals surface area contributed by atoms with Gasteiger partial charge in [0.05, 0.1) is 5.69 Å². The van der Waals surface area contributed by atoms with Gasteiger partial charge in [-0.3, -0.25) is 14.4 Å². The minimum atomic E-state index is -0.468. The Balaban J connectivity index is 2.10. The van der Waals surface area contributed by atoms with Crippen LogP contribution in [-0.4, -0.2) is 54.2 Å². The zero-order valence-corrected chi connectivity index (χ0v) is 24.1. The first-order chi connectivity index (χ1) is 19.6. The van der Waals surface area contributed by atoms with E-state index in [-0.39, 0.29) is 29.9 Å². The summed E-state index contributed by atoms with van der Waals surface area (Å²) in [4.78, 5) is 46.5. The first-order valence-electron chi connectivity index (χ1n) is 13.2. The number of hydrogen-bond donors (Lipinski definition) is 4. The van der Waals surface area contributed by atoms with Crippen molar-refractivity contribution in [3.63, 3.8) is 0 Å². The molecule has 1 aromatic carbocycles. The number of aromatic nitrogens is 2. The zero-order chi connectivity index (χ0) is 30.4. The van der Waals surface area contributed by atoms with E-state index < -0.39 is 11.8 Å². The topological polar surface area (TPSA) is 178 Å². The Morgan fingerprint density at radius 2 is 1.90 bits per heavy atom. The molecule has 0 bridgehead atoms. The van der Waals surface area contributed by atoms with Gasteiger partial charge < -0.3 is 31.8 Å². The summed E-state index contributed by atoms with van der Waals surface area (Å²) in [5.74, 6) is 5.21. The van der Waals surface area contributed by atoms with Gasteiger partial charge in [0.25, 0.3) is 18.3 Å². The number of hydrogen-bond acceptors (Lipinski definition) is 9. The number of rotatable bonds is 16. The summed E-state index contributed by atoms with van der Waals surface area (Å²) >= 11 is 0. The van der Waals surface area contributed by atoms with Gasteiger partial charge in [-0.25, -0.2) is 9.97 Å². The molecule has 0 aliphatic heterocycles. The van der Waals surface area contributed by atoms with Crippen LogP contribution in [0.15, 0.2) is 60.0 Å². The predicted octanol–water partition coefficient (Wildman–Crippen LogP) is 2.67. The molecule has 2 atom stereocenters. The van der Waals surface area contributed by atoms with E-state index >= 15 is 0 Å². The maximum atomic E-state index is 13.1. The monoisotopic (exact) mass is 564 g/mol. The highest BCUT2D eigenvalue weighted by Crippen LogP contribution is 2.27. The number of carbonyl (C=O) groups is 3. The van der Waals surface area contributed by atoms with Crippen LogP contribution in [0.3, 0.4) is 0 Å². The Morgan fingerprint density at radius 3 is 2.51 bits per heavy atom. The van der Waals surface area contributed by atoms with Crippen LogP contribution in [0.25, 0.3) is 0 Å². The molecular formula is C29H40N8O4. The molecule has 0 aliphatic carbocycles. The molecule has 220 valence electrons. The van der Waals surface area contributed by atoms with E-state index in [4.69, 9.17) is 16.3 Å². The second-order valence-electron chi connectivity index (χ2n) is 9.78. The summed E-state index contributed by atoms with van der Waals surface area (Å²) in [7, 11) is 3.63. The van der Waals surface area contributed by atoms with Gasteiger partial charge in [-0.1, -0.05) is 30.7 Å². The van der Waals surface area contributed by atoms with Crippen molar-refractivity contribution in [2.24, 2.45) is 22.6 Å². The molecule has 12 nitrogen and oxygen atoms in total. The lowest BCUT2D eigenvalue weighted by Gasteiger charge is -2.17. The molecule has 0 spiro atoms. The highest BCUT2D eigenvalue weighted by molar-refractivity contribution is 5.97. The van der Waals surface area contributed by atoms with E-state index in [1.807, 2.05) is 40.1 Å². The van der Waals surface area contributed by atoms with Gasteiger partial charge in [-0.05, 0) is 50.3 Å². The lowest BCUT2D eigenvalue weighted by atomic mass is 9.99. The van der Waals surface area contributed by atoms with Crippen LogP contribution in [-0.2, 0) is 11.3 Å². The van der Waals surface area contributed by atoms with Crippen LogP contribution >= 0.6 is 0 Å². The zero-order valence-electron chi connectivity index (χ0n) is 24.1. The third-order valence-electron chi connectivity index (χ3n) is 6.31. The number of hydrazone groups is 1. The lowest BCUT2D eigenvalue weighted by Crippen LogP contribution is -2.34. The number of nitrogens with zero attached hydrogens (tertiary/aromatic N) is 4. The molecule has 1 aromatic heterocycles. The van der Waals surface area contributed by atoms with Crippen molar-refractivity contribution in [2.75, 3.05) is 19.0 Å². The summed E-state index contributed by atoms with van der Waals surface area (Å²) in [6.07, 6.45) is 7.81. The lowest BCUT2D eigenvalue weighted by molar-refractivity contribution is -0.120. The van der Waals surface area contributed by atoms with E-state index in [0.29, 0.717) is 43.0 Å². The minimum absolute atomic E-state index is 0.00811. The number of allylic oxidation sites excluding steroid dienone is 2. The van der Waals surface area contributed by atoms with Gasteiger partial charge in [0.2, 0.25) is 0 Å². The van der Waals surface area contributed by atoms with E-state index in [9.17, 15) is 14.4 Å². The fourth-order valence-corrected chi connectivity index (χ4v) is 3.92. The molecule has 0 fully saturated rings. The molecule has 6 N–H and O–H groups in total. The van der Waals surface area contributed by atoms with Crippen molar-refractivity contribution in [2.45, 2.75) is 52.1 Å². The Kier molecular flexibility index (Phi) is 13.0. The normalized spacial score (nSPS) is 12.8. The number of nitrogens with two attached hydrogens (primary N) is 2. The summed E-state index contributed by atoms with van der Waals surface area (Å²) in [5.41, 5.74) is 8.45. The smallest absolute Gasteiger partial charge is 0.298 e. The fraction of sp³-hybridized carbons (Fsp3) is 0.379. The molecule has 0 aliphatic rings. The van der Waals surface area contributed by atoms with Gasteiger partial charge >= 0.3 is 0 Å². The SMILES string of the molecule is C=C(C)CCC(/C=C/CC(CC)/C(N)=N/N)NC(=O)c1cc(C(=O)NCc2ccc(OC=O)c(N(C)C)c2)ncn1. The Bertz CT molecular complexity index is 1280. The van der Waals surface area contributed by atoms with Gasteiger partial charge in [-0.2, -0.15) is 5.10 Å². The molecule has 2 amide bonds. The van der Waals surface area contributed by atoms with Crippen molar-refractivity contribution in [3.05, 3.63) is 71.8 Å². The second kappa shape index (κ2) is 16.4. The number of ether oxygens (including phenoxy) is 1. The fourth-order valence-electron chi connectivity index (χ4n) is 3.92. The molecule has 0 saturated heterocycles. The number of benzene rings is 1. The Labute approximate surface area is 240 Å². The highest BCUT2D eigenvalue weighted by atomic mass is 16.5. The first kappa shape index (κ1) is 32.5. The molecule has 2 rings (SSSR count). The molecule has 12 heteroatoms. The van der Waals surface area contributed by atoms with Gasteiger partial charge in [0.15, 0.2) is 5.75 Å². The number of nitrogens with one attached hydrogen (secondary N) is 2. The molecule has 2 unspecified atom stereocenters. The van der Waals surface area contributed by atoms with Gasteiger partial charge in [0.1, 0.15) is 23.6 Å². The largest absolute Gasteiger partial charge is 0.427 e. The number of anilines is 1. The highest BCUT2D eigenvalue weighted by Gasteiger charge is 2.17. The third kappa shape index (κ3) is 10.4. The summed E-state index contributed by atoms with van der Waals surface area (Å²) in [6, 6.07) is 6.25. The van der Waals surface area contributed by atoms with E-state index in [2.05, 4.69) is 32.3 Å². The quantitative estimate of drug-likeness (QED) is 0.0596. The van der Waals surface area contributed by atoms with Crippen molar-refractivity contribution in [1.82, 2.24) is 20.6 Å².